The van der Waals surface area contributed by atoms with Crippen LogP contribution in [0.2, 0.25) is 0 Å². The van der Waals surface area contributed by atoms with Crippen LogP contribution in [-0.2, 0) is 0 Å². The molecule has 1 N–H and O–H groups in total. The maximum Gasteiger partial charge on any atom is 0.295 e. The number of carbonyl (C=O) groups excluding carboxylic acids is 2. The van der Waals surface area contributed by atoms with Crippen molar-refractivity contribution >= 4 is 39.9 Å². The summed E-state index contributed by atoms with van der Waals surface area (Å²) in [5.41, 5.74) is 0.921. The highest BCUT2D eigenvalue weighted by atomic mass is 32.2. The number of thioether (sulfide) groups is 1. The third-order valence-corrected chi connectivity index (χ3v) is 6.28. The largest absolute Gasteiger partial charge is 0.339 e. The molecule has 0 spiro atoms. The van der Waals surface area contributed by atoms with E-state index in [2.05, 4.69) is 15.4 Å². The van der Waals surface area contributed by atoms with E-state index in [1.54, 1.807) is 50.5 Å². The van der Waals surface area contributed by atoms with Gasteiger partial charge in [-0.1, -0.05) is 24.3 Å². The smallest absolute Gasteiger partial charge is 0.295 e. The van der Waals surface area contributed by atoms with E-state index >= 15 is 0 Å². The van der Waals surface area contributed by atoms with Crippen LogP contribution in [0, 0.1) is 5.82 Å². The van der Waals surface area contributed by atoms with Crippen molar-refractivity contribution in [3.05, 3.63) is 77.7 Å². The second kappa shape index (κ2) is 9.33. The summed E-state index contributed by atoms with van der Waals surface area (Å²) in [7, 11) is 3.32. The number of nitrogens with zero attached hydrogens (tertiary/aromatic N) is 4. The van der Waals surface area contributed by atoms with Gasteiger partial charge in [0, 0.05) is 19.0 Å². The summed E-state index contributed by atoms with van der Waals surface area (Å²) in [5, 5.41) is 8.84. The number of halogens is 1. The molecule has 10 heteroatoms. The fourth-order valence-electron chi connectivity index (χ4n) is 2.78. The van der Waals surface area contributed by atoms with Gasteiger partial charge < -0.3 is 10.2 Å². The van der Waals surface area contributed by atoms with Crippen molar-refractivity contribution in [1.29, 1.82) is 0 Å². The minimum atomic E-state index is -0.539. The molecule has 0 saturated carbocycles. The first-order chi connectivity index (χ1) is 15.4. The zero-order valence-corrected chi connectivity index (χ0v) is 18.8. The lowest BCUT2D eigenvalue weighted by molar-refractivity contribution is 0.101. The Hall–Kier alpha value is -3.50. The summed E-state index contributed by atoms with van der Waals surface area (Å²) in [6, 6.07) is 16.6. The minimum absolute atomic E-state index is 0.0728. The van der Waals surface area contributed by atoms with Crippen LogP contribution in [0.3, 0.4) is 0 Å². The predicted molar refractivity (Wildman–Crippen MR) is 124 cm³/mol. The molecule has 162 valence electrons. The molecule has 4 aromatic rings. The molecular formula is C22H18FN5O2S2. The third-order valence-electron chi connectivity index (χ3n) is 4.30. The molecule has 7 nitrogen and oxygen atoms in total. The highest BCUT2D eigenvalue weighted by Gasteiger charge is 2.21. The highest BCUT2D eigenvalue weighted by molar-refractivity contribution is 8.13. The SMILES string of the molecule is CN(C)C(=O)Sc1ccccc1NC(=O)c1nc(-c2cccs2)n(-c2cccc(F)c2)n1. The average Bonchev–Trinajstić information content (AvgIpc) is 3.45. The van der Waals surface area contributed by atoms with E-state index in [9.17, 15) is 14.0 Å². The summed E-state index contributed by atoms with van der Waals surface area (Å²) in [6.07, 6.45) is 0. The van der Waals surface area contributed by atoms with E-state index in [1.807, 2.05) is 17.5 Å². The second-order valence-corrected chi connectivity index (χ2v) is 8.78. The Bertz CT molecular complexity index is 1270. The van der Waals surface area contributed by atoms with Crippen molar-refractivity contribution in [3.8, 4) is 16.4 Å². The Labute approximate surface area is 191 Å². The molecule has 2 aromatic carbocycles. The summed E-state index contributed by atoms with van der Waals surface area (Å²) in [6.45, 7) is 0. The molecule has 0 fully saturated rings. The molecule has 0 aliphatic carbocycles. The van der Waals surface area contributed by atoms with Crippen LogP contribution in [0.4, 0.5) is 14.9 Å². The van der Waals surface area contributed by atoms with Gasteiger partial charge in [-0.3, -0.25) is 9.59 Å². The number of nitrogens with one attached hydrogen (secondary N) is 1. The molecular weight excluding hydrogens is 449 g/mol. The number of thiophene rings is 1. The van der Waals surface area contributed by atoms with Crippen LogP contribution in [0.25, 0.3) is 16.4 Å². The maximum absolute atomic E-state index is 13.8. The lowest BCUT2D eigenvalue weighted by Gasteiger charge is -2.12. The first kappa shape index (κ1) is 21.7. The zero-order chi connectivity index (χ0) is 22.7. The van der Waals surface area contributed by atoms with Gasteiger partial charge in [0.05, 0.1) is 16.3 Å². The molecule has 2 aromatic heterocycles. The lowest BCUT2D eigenvalue weighted by Crippen LogP contribution is -2.17. The normalized spacial score (nSPS) is 10.7. The van der Waals surface area contributed by atoms with Crippen LogP contribution in [-0.4, -0.2) is 44.9 Å². The van der Waals surface area contributed by atoms with Crippen molar-refractivity contribution in [2.45, 2.75) is 4.90 Å². The van der Waals surface area contributed by atoms with Crippen molar-refractivity contribution in [2.24, 2.45) is 0 Å². The Balaban J connectivity index is 1.67. The lowest BCUT2D eigenvalue weighted by atomic mass is 10.3. The third kappa shape index (κ3) is 4.71. The maximum atomic E-state index is 13.8. The summed E-state index contributed by atoms with van der Waals surface area (Å²) < 4.78 is 15.3. The monoisotopic (exact) mass is 467 g/mol. The number of hydrogen-bond donors (Lipinski definition) is 1. The van der Waals surface area contributed by atoms with Crippen molar-refractivity contribution in [2.75, 3.05) is 19.4 Å². The number of anilines is 1. The van der Waals surface area contributed by atoms with Crippen LogP contribution < -0.4 is 5.32 Å². The topological polar surface area (TPSA) is 80.1 Å². The van der Waals surface area contributed by atoms with Gasteiger partial charge in [0.2, 0.25) is 5.82 Å². The Kier molecular flexibility index (Phi) is 6.33. The number of carbonyl (C=O) groups is 2. The quantitative estimate of drug-likeness (QED) is 0.410. The molecule has 0 aliphatic rings. The Morgan fingerprint density at radius 1 is 1.09 bits per heavy atom. The molecule has 4 rings (SSSR count). The van der Waals surface area contributed by atoms with Crippen LogP contribution >= 0.6 is 23.1 Å². The number of rotatable bonds is 5. The highest BCUT2D eigenvalue weighted by Crippen LogP contribution is 2.30. The van der Waals surface area contributed by atoms with E-state index in [4.69, 9.17) is 0 Å². The Morgan fingerprint density at radius 3 is 2.62 bits per heavy atom. The molecule has 32 heavy (non-hydrogen) atoms. The fraction of sp³-hybridized carbons (Fsp3) is 0.0909. The summed E-state index contributed by atoms with van der Waals surface area (Å²) >= 11 is 2.44. The number of aromatic nitrogens is 3. The fourth-order valence-corrected chi connectivity index (χ4v) is 4.23. The first-order valence-corrected chi connectivity index (χ1v) is 11.2. The zero-order valence-electron chi connectivity index (χ0n) is 17.2. The van der Waals surface area contributed by atoms with Crippen molar-refractivity contribution < 1.29 is 14.0 Å². The molecule has 0 unspecified atom stereocenters. The van der Waals surface area contributed by atoms with E-state index in [-0.39, 0.29) is 11.1 Å². The molecule has 2 amide bonds. The van der Waals surface area contributed by atoms with Gasteiger partial charge in [-0.05, 0) is 53.5 Å². The van der Waals surface area contributed by atoms with Crippen LogP contribution in [0.1, 0.15) is 10.6 Å². The molecule has 0 saturated heterocycles. The standard InChI is InChI=1S/C22H18FN5O2S2/c1-27(2)22(30)32-17-10-4-3-9-16(17)24-21(29)19-25-20(18-11-6-12-31-18)28(26-19)15-8-5-7-14(23)13-15/h3-13H,1-2H3,(H,24,29). The van der Waals surface area contributed by atoms with Gasteiger partial charge in [-0.25, -0.2) is 14.1 Å². The van der Waals surface area contributed by atoms with E-state index in [0.717, 1.165) is 16.6 Å². The van der Waals surface area contributed by atoms with Gasteiger partial charge >= 0.3 is 0 Å². The summed E-state index contributed by atoms with van der Waals surface area (Å²) in [5.74, 6) is -0.599. The second-order valence-electron chi connectivity index (χ2n) is 6.84. The van der Waals surface area contributed by atoms with Gasteiger partial charge in [-0.15, -0.1) is 16.4 Å². The number of para-hydroxylation sites is 1. The minimum Gasteiger partial charge on any atom is -0.339 e. The van der Waals surface area contributed by atoms with Gasteiger partial charge in [-0.2, -0.15) is 0 Å². The first-order valence-electron chi connectivity index (χ1n) is 9.49. The molecule has 0 radical (unpaired) electrons. The van der Waals surface area contributed by atoms with Crippen molar-refractivity contribution in [1.82, 2.24) is 19.7 Å². The number of benzene rings is 2. The average molecular weight is 468 g/mol. The molecule has 0 bridgehead atoms. The van der Waals surface area contributed by atoms with Crippen LogP contribution in [0.15, 0.2) is 70.9 Å². The van der Waals surface area contributed by atoms with Gasteiger partial charge in [0.15, 0.2) is 5.82 Å². The summed E-state index contributed by atoms with van der Waals surface area (Å²) in [4.78, 5) is 32.4. The number of amides is 2. The molecule has 2 heterocycles. The predicted octanol–water partition coefficient (Wildman–Crippen LogP) is 5.16. The van der Waals surface area contributed by atoms with E-state index in [0.29, 0.717) is 22.1 Å². The van der Waals surface area contributed by atoms with Crippen molar-refractivity contribution in [3.63, 3.8) is 0 Å². The van der Waals surface area contributed by atoms with E-state index < -0.39 is 11.7 Å². The molecule has 0 aliphatic heterocycles. The number of hydrogen-bond acceptors (Lipinski definition) is 6. The van der Waals surface area contributed by atoms with Gasteiger partial charge in [0.25, 0.3) is 11.1 Å². The van der Waals surface area contributed by atoms with E-state index in [1.165, 1.54) is 33.1 Å². The molecule has 0 atom stereocenters. The van der Waals surface area contributed by atoms with Crippen LogP contribution in [0.5, 0.6) is 0 Å². The van der Waals surface area contributed by atoms with Gasteiger partial charge in [0.1, 0.15) is 5.82 Å². The Morgan fingerprint density at radius 2 is 1.91 bits per heavy atom.